The maximum atomic E-state index is 2.52. The lowest BCUT2D eigenvalue weighted by atomic mass is 9.78. The third kappa shape index (κ3) is 58.1. The first kappa shape index (κ1) is 68.3. The second-order valence-corrected chi connectivity index (χ2v) is 26.3. The molecule has 0 unspecified atom stereocenters. The van der Waals surface area contributed by atoms with Gasteiger partial charge in [0.1, 0.15) is 0 Å². The maximum absolute atomic E-state index is 2.52. The lowest BCUT2D eigenvalue weighted by Crippen LogP contribution is -2.16. The van der Waals surface area contributed by atoms with Crippen LogP contribution in [0.2, 0.25) is 0 Å². The standard InChI is InChI=1S/2C22H46.C13H28.C4H8.C3H6/c2*1-16(2)10-21(11-17(3)4)14-20(9)15-22(12-18(5)6)13-19(7)8;1-3-5-7-9-11-13-12-10-8-6-4-2;1-2-4-3-1;1-2-3-1/h2*16-22H,10-15H2,1-9H3;3-13H2,1-2H3;1-4H2;1-3H2. The summed E-state index contributed by atoms with van der Waals surface area (Å²) in [6.07, 6.45) is 43.6. The van der Waals surface area contributed by atoms with E-state index in [0.29, 0.717) is 0 Å². The third-order valence-corrected chi connectivity index (χ3v) is 13.4. The molecule has 390 valence electrons. The number of unbranched alkanes of at least 4 members (excludes halogenated alkanes) is 10. The Labute approximate surface area is 412 Å². The van der Waals surface area contributed by atoms with E-state index in [4.69, 9.17) is 0 Å². The van der Waals surface area contributed by atoms with Gasteiger partial charge in [0.15, 0.2) is 0 Å². The summed E-state index contributed by atoms with van der Waals surface area (Å²) in [6, 6.07) is 0. The minimum Gasteiger partial charge on any atom is -0.0654 e. The molecule has 0 aromatic heterocycles. The molecule has 0 atom stereocenters. The fourth-order valence-electron chi connectivity index (χ4n) is 10.9. The summed E-state index contributed by atoms with van der Waals surface area (Å²) in [5.41, 5.74) is 0. The molecular formula is C64H134. The van der Waals surface area contributed by atoms with Gasteiger partial charge in [0.05, 0.1) is 0 Å². The Hall–Kier alpha value is 0. The van der Waals surface area contributed by atoms with E-state index in [1.807, 2.05) is 0 Å². The lowest BCUT2D eigenvalue weighted by molar-refractivity contribution is 0.233. The Morgan fingerprint density at radius 3 is 0.453 bits per heavy atom. The molecule has 0 spiro atoms. The van der Waals surface area contributed by atoms with Gasteiger partial charge >= 0.3 is 0 Å². The van der Waals surface area contributed by atoms with Crippen molar-refractivity contribution in [1.82, 2.24) is 0 Å². The van der Waals surface area contributed by atoms with E-state index in [1.54, 1.807) is 0 Å². The summed E-state index contributed by atoms with van der Waals surface area (Å²) in [7, 11) is 0. The number of hydrogen-bond donors (Lipinski definition) is 0. The minimum absolute atomic E-state index is 0.845. The van der Waals surface area contributed by atoms with Crippen molar-refractivity contribution in [2.75, 3.05) is 0 Å². The van der Waals surface area contributed by atoms with Crippen LogP contribution in [-0.2, 0) is 0 Å². The van der Waals surface area contributed by atoms with Gasteiger partial charge in [-0.2, -0.15) is 0 Å². The van der Waals surface area contributed by atoms with E-state index in [-0.39, 0.29) is 0 Å². The normalized spacial score (nSPS) is 13.8. The molecule has 0 heteroatoms. The Morgan fingerprint density at radius 1 is 0.203 bits per heavy atom. The highest BCUT2D eigenvalue weighted by Crippen LogP contribution is 2.34. The average Bonchev–Trinajstić information content (AvgIpc) is 3.99. The number of rotatable bonds is 34. The second-order valence-electron chi connectivity index (χ2n) is 26.3. The first-order chi connectivity index (χ1) is 30.1. The fraction of sp³-hybridized carbons (Fsp3) is 1.00. The van der Waals surface area contributed by atoms with Crippen LogP contribution in [0.25, 0.3) is 0 Å². The molecule has 0 aliphatic heterocycles. The van der Waals surface area contributed by atoms with E-state index in [1.165, 1.54) is 193 Å². The van der Waals surface area contributed by atoms with E-state index in [0.717, 1.165) is 82.9 Å². The smallest absolute Gasteiger partial charge is 0.0407 e. The summed E-state index contributed by atoms with van der Waals surface area (Å²) in [6.45, 7) is 47.8. The van der Waals surface area contributed by atoms with Crippen LogP contribution in [0.15, 0.2) is 0 Å². The zero-order valence-corrected chi connectivity index (χ0v) is 49.3. The number of hydrogen-bond acceptors (Lipinski definition) is 0. The van der Waals surface area contributed by atoms with Gasteiger partial charge in [-0.1, -0.05) is 254 Å². The van der Waals surface area contributed by atoms with Gasteiger partial charge in [-0.05, 0) is 160 Å². The van der Waals surface area contributed by atoms with Crippen LogP contribution < -0.4 is 0 Å². The Balaban J connectivity index is -0.000000824. The molecule has 0 heterocycles. The summed E-state index contributed by atoms with van der Waals surface area (Å²) in [5.74, 6) is 12.3. The topological polar surface area (TPSA) is 0 Å². The summed E-state index contributed by atoms with van der Waals surface area (Å²) in [5, 5.41) is 0. The maximum Gasteiger partial charge on any atom is -0.0407 e. The second kappa shape index (κ2) is 46.7. The Bertz CT molecular complexity index is 704. The van der Waals surface area contributed by atoms with Gasteiger partial charge in [0.25, 0.3) is 0 Å². The zero-order valence-electron chi connectivity index (χ0n) is 49.3. The van der Waals surface area contributed by atoms with Crippen molar-refractivity contribution < 1.29 is 0 Å². The average molecular weight is 904 g/mol. The third-order valence-electron chi connectivity index (χ3n) is 13.4. The molecular weight excluding hydrogens is 769 g/mol. The van der Waals surface area contributed by atoms with Gasteiger partial charge in [-0.15, -0.1) is 0 Å². The molecule has 2 aliphatic rings. The molecule has 0 aromatic rings. The van der Waals surface area contributed by atoms with Crippen LogP contribution in [0.1, 0.15) is 331 Å². The van der Waals surface area contributed by atoms with Crippen molar-refractivity contribution in [3.05, 3.63) is 0 Å². The van der Waals surface area contributed by atoms with Crippen molar-refractivity contribution >= 4 is 0 Å². The molecule has 0 radical (unpaired) electrons. The first-order valence-electron chi connectivity index (χ1n) is 30.1. The van der Waals surface area contributed by atoms with Crippen LogP contribution in [-0.4, -0.2) is 0 Å². The highest BCUT2D eigenvalue weighted by Gasteiger charge is 2.22. The molecule has 2 saturated carbocycles. The highest BCUT2D eigenvalue weighted by atomic mass is 14.3. The van der Waals surface area contributed by atoms with Gasteiger partial charge in [0, 0.05) is 0 Å². The van der Waals surface area contributed by atoms with Gasteiger partial charge in [0.2, 0.25) is 0 Å². The lowest BCUT2D eigenvalue weighted by Gasteiger charge is -2.28. The van der Waals surface area contributed by atoms with E-state index in [2.05, 4.69) is 138 Å². The molecule has 0 aromatic carbocycles. The van der Waals surface area contributed by atoms with Crippen LogP contribution in [0.5, 0.6) is 0 Å². The predicted molar refractivity (Wildman–Crippen MR) is 301 cm³/mol. The molecule has 0 N–H and O–H groups in total. The van der Waals surface area contributed by atoms with Crippen LogP contribution in [0.3, 0.4) is 0 Å². The summed E-state index contributed by atoms with van der Waals surface area (Å²) >= 11 is 0. The van der Waals surface area contributed by atoms with E-state index >= 15 is 0 Å². The fourth-order valence-corrected chi connectivity index (χ4v) is 10.9. The SMILES string of the molecule is C1CC1.C1CCC1.CC(C)CC(CC(C)C)CC(C)CC(CC(C)C)CC(C)C.CC(C)CC(CC(C)C)CC(C)CC(CC(C)C)CC(C)C.CCCCCCCCCCCCC. The van der Waals surface area contributed by atoms with Crippen LogP contribution in [0, 0.1) is 82.9 Å². The quantitative estimate of drug-likeness (QED) is 0.0565. The van der Waals surface area contributed by atoms with Crippen molar-refractivity contribution in [3.63, 3.8) is 0 Å². The van der Waals surface area contributed by atoms with Gasteiger partial charge < -0.3 is 0 Å². The molecule has 2 fully saturated rings. The first-order valence-corrected chi connectivity index (χ1v) is 30.1. The predicted octanol–water partition coefficient (Wildman–Crippen LogP) is 23.7. The molecule has 2 rings (SSSR count). The van der Waals surface area contributed by atoms with Crippen LogP contribution in [0.4, 0.5) is 0 Å². The van der Waals surface area contributed by atoms with Gasteiger partial charge in [-0.3, -0.25) is 0 Å². The van der Waals surface area contributed by atoms with Crippen molar-refractivity contribution in [3.8, 4) is 0 Å². The zero-order chi connectivity index (χ0) is 49.3. The molecule has 0 nitrogen and oxygen atoms in total. The van der Waals surface area contributed by atoms with E-state index in [9.17, 15) is 0 Å². The van der Waals surface area contributed by atoms with Crippen molar-refractivity contribution in [2.45, 2.75) is 331 Å². The molecule has 0 amide bonds. The monoisotopic (exact) mass is 903 g/mol. The molecule has 0 bridgehead atoms. The largest absolute Gasteiger partial charge is 0.0654 e. The summed E-state index contributed by atoms with van der Waals surface area (Å²) < 4.78 is 0. The highest BCUT2D eigenvalue weighted by molar-refractivity contribution is 4.74. The van der Waals surface area contributed by atoms with Crippen molar-refractivity contribution in [2.24, 2.45) is 82.9 Å². The minimum atomic E-state index is 0.845. The Morgan fingerprint density at radius 2 is 0.344 bits per heavy atom. The van der Waals surface area contributed by atoms with Crippen LogP contribution >= 0.6 is 0 Å². The molecule has 64 heavy (non-hydrogen) atoms. The van der Waals surface area contributed by atoms with Crippen molar-refractivity contribution in [1.29, 1.82) is 0 Å². The summed E-state index contributed by atoms with van der Waals surface area (Å²) in [4.78, 5) is 0. The molecule has 2 aliphatic carbocycles. The van der Waals surface area contributed by atoms with E-state index < -0.39 is 0 Å². The molecule has 0 saturated heterocycles. The Kier molecular flexibility index (Phi) is 49.8. The van der Waals surface area contributed by atoms with Gasteiger partial charge in [-0.25, -0.2) is 0 Å².